The standard InChI is InChI=1S/C23H32N6O2/c1-16(30)19-15-25-13-14-29(19)22-20(21(24)31)23(11-12-26-22,28-18-9-5-6-10-18)27-17-7-3-2-4-8-17/h2-4,7-8,11-12,18-19,25-28H,5-6,9-10,13-15H2,1H3,(H2,24,31). The summed E-state index contributed by atoms with van der Waals surface area (Å²) in [5, 5.41) is 13.7. The van der Waals surface area contributed by atoms with E-state index in [2.05, 4.69) is 21.3 Å². The zero-order valence-electron chi connectivity index (χ0n) is 18.0. The Labute approximate surface area is 183 Å². The van der Waals surface area contributed by atoms with Crippen molar-refractivity contribution < 1.29 is 9.59 Å². The van der Waals surface area contributed by atoms with E-state index in [1.807, 2.05) is 47.5 Å². The van der Waals surface area contributed by atoms with Crippen molar-refractivity contribution in [1.29, 1.82) is 0 Å². The second kappa shape index (κ2) is 9.11. The topological polar surface area (TPSA) is 112 Å². The highest BCUT2D eigenvalue weighted by molar-refractivity contribution is 5.97. The summed E-state index contributed by atoms with van der Waals surface area (Å²) in [6.45, 7) is 3.44. The summed E-state index contributed by atoms with van der Waals surface area (Å²) in [5.74, 6) is 0.109. The zero-order chi connectivity index (χ0) is 21.8. The van der Waals surface area contributed by atoms with E-state index >= 15 is 0 Å². The van der Waals surface area contributed by atoms with E-state index in [4.69, 9.17) is 5.73 Å². The van der Waals surface area contributed by atoms with E-state index in [0.29, 0.717) is 24.5 Å². The molecule has 4 rings (SSSR count). The second-order valence-electron chi connectivity index (χ2n) is 8.51. The minimum Gasteiger partial charge on any atom is -0.366 e. The van der Waals surface area contributed by atoms with Gasteiger partial charge in [0.25, 0.3) is 5.91 Å². The summed E-state index contributed by atoms with van der Waals surface area (Å²) in [7, 11) is 0. The van der Waals surface area contributed by atoms with Crippen molar-refractivity contribution in [1.82, 2.24) is 20.9 Å². The maximum absolute atomic E-state index is 12.9. The molecular weight excluding hydrogens is 392 g/mol. The molecule has 8 heteroatoms. The SMILES string of the molecule is CC(=O)C1CNCCN1C1=C(C(N)=O)C(Nc2ccccc2)(NC2CCCC2)C=CN1. The van der Waals surface area contributed by atoms with Crippen LogP contribution in [0.15, 0.2) is 54.0 Å². The van der Waals surface area contributed by atoms with Gasteiger partial charge in [0.05, 0.1) is 0 Å². The zero-order valence-corrected chi connectivity index (χ0v) is 18.0. The number of benzene rings is 1. The van der Waals surface area contributed by atoms with Crippen molar-refractivity contribution >= 4 is 17.4 Å². The van der Waals surface area contributed by atoms with Crippen LogP contribution in [0.4, 0.5) is 5.69 Å². The van der Waals surface area contributed by atoms with Crippen LogP contribution in [-0.4, -0.2) is 54.0 Å². The second-order valence-corrected chi connectivity index (χ2v) is 8.51. The number of para-hydroxylation sites is 1. The van der Waals surface area contributed by atoms with Crippen LogP contribution < -0.4 is 27.0 Å². The minimum absolute atomic E-state index is 0.0465. The van der Waals surface area contributed by atoms with Gasteiger partial charge >= 0.3 is 0 Å². The van der Waals surface area contributed by atoms with Gasteiger partial charge in [0, 0.05) is 37.6 Å². The molecule has 1 aromatic carbocycles. The van der Waals surface area contributed by atoms with Gasteiger partial charge in [0.15, 0.2) is 5.78 Å². The fourth-order valence-corrected chi connectivity index (χ4v) is 4.86. The quantitative estimate of drug-likeness (QED) is 0.415. The molecule has 0 aromatic heterocycles. The van der Waals surface area contributed by atoms with Crippen LogP contribution in [0, 0.1) is 0 Å². The number of carbonyl (C=O) groups is 2. The highest BCUT2D eigenvalue weighted by Gasteiger charge is 2.44. The number of piperazine rings is 1. The predicted octanol–water partition coefficient (Wildman–Crippen LogP) is 1.00. The fraction of sp³-hybridized carbons (Fsp3) is 0.478. The lowest BCUT2D eigenvalue weighted by molar-refractivity contribution is -0.122. The highest BCUT2D eigenvalue weighted by Crippen LogP contribution is 2.32. The van der Waals surface area contributed by atoms with Gasteiger partial charge in [-0.3, -0.25) is 14.9 Å². The molecule has 2 unspecified atom stereocenters. The number of Topliss-reactive ketones (excluding diaryl/α,β-unsaturated/α-hetero) is 1. The lowest BCUT2D eigenvalue weighted by Gasteiger charge is -2.45. The largest absolute Gasteiger partial charge is 0.366 e. The Morgan fingerprint density at radius 3 is 2.61 bits per heavy atom. The van der Waals surface area contributed by atoms with Crippen molar-refractivity contribution in [3.8, 4) is 0 Å². The van der Waals surface area contributed by atoms with Gasteiger partial charge in [-0.1, -0.05) is 31.0 Å². The monoisotopic (exact) mass is 424 g/mol. The first-order valence-corrected chi connectivity index (χ1v) is 11.1. The van der Waals surface area contributed by atoms with E-state index in [1.54, 1.807) is 6.92 Å². The number of hydrogen-bond donors (Lipinski definition) is 5. The molecule has 31 heavy (non-hydrogen) atoms. The van der Waals surface area contributed by atoms with Crippen molar-refractivity contribution in [2.24, 2.45) is 5.73 Å². The van der Waals surface area contributed by atoms with Crippen LogP contribution in [-0.2, 0) is 9.59 Å². The smallest absolute Gasteiger partial charge is 0.252 e. The number of anilines is 1. The van der Waals surface area contributed by atoms with Gasteiger partial charge in [0.2, 0.25) is 0 Å². The molecule has 0 radical (unpaired) electrons. The molecular formula is C23H32N6O2. The number of hydrogen-bond acceptors (Lipinski definition) is 7. The average molecular weight is 425 g/mol. The number of nitrogens with zero attached hydrogens (tertiary/aromatic N) is 1. The Hall–Kier alpha value is -2.84. The van der Waals surface area contributed by atoms with Gasteiger partial charge in [-0.15, -0.1) is 0 Å². The molecule has 1 saturated carbocycles. The third-order valence-electron chi connectivity index (χ3n) is 6.33. The number of nitrogens with one attached hydrogen (secondary N) is 4. The summed E-state index contributed by atoms with van der Waals surface area (Å²) < 4.78 is 0. The molecule has 1 aliphatic carbocycles. The summed E-state index contributed by atoms with van der Waals surface area (Å²) in [6, 6.07) is 9.69. The van der Waals surface area contributed by atoms with Gasteiger partial charge in [-0.2, -0.15) is 0 Å². The predicted molar refractivity (Wildman–Crippen MR) is 121 cm³/mol. The number of amides is 1. The first kappa shape index (κ1) is 21.4. The molecule has 1 saturated heterocycles. The molecule has 8 nitrogen and oxygen atoms in total. The molecule has 166 valence electrons. The lowest BCUT2D eigenvalue weighted by atomic mass is 9.92. The first-order valence-electron chi connectivity index (χ1n) is 11.1. The summed E-state index contributed by atoms with van der Waals surface area (Å²) in [4.78, 5) is 27.3. The first-order chi connectivity index (χ1) is 15.0. The van der Waals surface area contributed by atoms with E-state index < -0.39 is 11.6 Å². The molecule has 2 aliphatic heterocycles. The minimum atomic E-state index is -0.977. The van der Waals surface area contributed by atoms with E-state index in [1.165, 1.54) is 0 Å². The van der Waals surface area contributed by atoms with Gasteiger partial charge in [0.1, 0.15) is 23.1 Å². The molecule has 0 spiro atoms. The number of primary amides is 1. The normalized spacial score (nSPS) is 26.6. The Kier molecular flexibility index (Phi) is 6.29. The Balaban J connectivity index is 1.80. The number of ketones is 1. The van der Waals surface area contributed by atoms with Crippen LogP contribution in [0.25, 0.3) is 0 Å². The maximum Gasteiger partial charge on any atom is 0.252 e. The van der Waals surface area contributed by atoms with Crippen LogP contribution in [0.5, 0.6) is 0 Å². The van der Waals surface area contributed by atoms with Crippen molar-refractivity contribution in [2.45, 2.75) is 50.4 Å². The van der Waals surface area contributed by atoms with Crippen LogP contribution in [0.3, 0.4) is 0 Å². The Morgan fingerprint density at radius 2 is 1.94 bits per heavy atom. The van der Waals surface area contributed by atoms with Gasteiger partial charge in [-0.05, 0) is 38.0 Å². The van der Waals surface area contributed by atoms with Crippen molar-refractivity contribution in [3.05, 3.63) is 54.0 Å². The summed E-state index contributed by atoms with van der Waals surface area (Å²) in [5.41, 5.74) is 6.31. The van der Waals surface area contributed by atoms with Crippen molar-refractivity contribution in [2.75, 3.05) is 25.0 Å². The van der Waals surface area contributed by atoms with Crippen LogP contribution in [0.2, 0.25) is 0 Å². The number of carbonyl (C=O) groups excluding carboxylic acids is 2. The molecule has 3 aliphatic rings. The Morgan fingerprint density at radius 1 is 1.19 bits per heavy atom. The van der Waals surface area contributed by atoms with Gasteiger partial charge in [-0.25, -0.2) is 0 Å². The molecule has 0 bridgehead atoms. The maximum atomic E-state index is 12.9. The van der Waals surface area contributed by atoms with E-state index in [-0.39, 0.29) is 17.9 Å². The summed E-state index contributed by atoms with van der Waals surface area (Å²) in [6.07, 6.45) is 8.17. The number of rotatable bonds is 7. The molecule has 2 heterocycles. The molecule has 6 N–H and O–H groups in total. The van der Waals surface area contributed by atoms with E-state index in [9.17, 15) is 9.59 Å². The molecule has 2 fully saturated rings. The fourth-order valence-electron chi connectivity index (χ4n) is 4.86. The molecule has 1 amide bonds. The highest BCUT2D eigenvalue weighted by atomic mass is 16.1. The molecule has 1 aromatic rings. The van der Waals surface area contributed by atoms with E-state index in [0.717, 1.165) is 37.9 Å². The van der Waals surface area contributed by atoms with Gasteiger partial charge < -0.3 is 26.6 Å². The third kappa shape index (κ3) is 4.45. The summed E-state index contributed by atoms with van der Waals surface area (Å²) >= 11 is 0. The van der Waals surface area contributed by atoms with Crippen LogP contribution >= 0.6 is 0 Å². The van der Waals surface area contributed by atoms with Crippen LogP contribution in [0.1, 0.15) is 32.6 Å². The lowest BCUT2D eigenvalue weighted by Crippen LogP contribution is -2.63. The molecule has 2 atom stereocenters. The number of nitrogens with two attached hydrogens (primary N) is 1. The number of dihydropyridines is 1. The average Bonchev–Trinajstić information content (AvgIpc) is 3.26. The van der Waals surface area contributed by atoms with Crippen molar-refractivity contribution in [3.63, 3.8) is 0 Å². The Bertz CT molecular complexity index is 877. The third-order valence-corrected chi connectivity index (χ3v) is 6.33.